The van der Waals surface area contributed by atoms with Crippen molar-refractivity contribution in [3.8, 4) is 0 Å². The van der Waals surface area contributed by atoms with Crippen LogP contribution in [0.15, 0.2) is 30.3 Å². The third kappa shape index (κ3) is 4.46. The first-order valence-electron chi connectivity index (χ1n) is 9.17. The number of piperidine rings is 1. The van der Waals surface area contributed by atoms with Crippen LogP contribution in [-0.4, -0.2) is 30.1 Å². The molecule has 2 N–H and O–H groups in total. The molecule has 0 spiro atoms. The molecule has 1 saturated carbocycles. The summed E-state index contributed by atoms with van der Waals surface area (Å²) in [6.45, 7) is 7.22. The Kier molecular flexibility index (Phi) is 8.55. The normalized spacial score (nSPS) is 30.0. The van der Waals surface area contributed by atoms with Crippen molar-refractivity contribution >= 4 is 24.8 Å². The summed E-state index contributed by atoms with van der Waals surface area (Å²) in [5.74, 6) is 0.923. The summed E-state index contributed by atoms with van der Waals surface area (Å²) >= 11 is 0. The lowest BCUT2D eigenvalue weighted by atomic mass is 9.64. The van der Waals surface area contributed by atoms with Crippen molar-refractivity contribution in [1.82, 2.24) is 4.90 Å². The lowest BCUT2D eigenvalue weighted by Crippen LogP contribution is -2.50. The largest absolute Gasteiger partial charge is 0.327 e. The molecule has 1 saturated heterocycles. The molecule has 0 aromatic heterocycles. The highest BCUT2D eigenvalue weighted by Gasteiger charge is 2.41. The van der Waals surface area contributed by atoms with Gasteiger partial charge < -0.3 is 10.6 Å². The molecule has 24 heavy (non-hydrogen) atoms. The first-order valence-corrected chi connectivity index (χ1v) is 9.17. The quantitative estimate of drug-likeness (QED) is 0.825. The summed E-state index contributed by atoms with van der Waals surface area (Å²) in [7, 11) is 0. The monoisotopic (exact) mass is 372 g/mol. The Morgan fingerprint density at radius 1 is 1.00 bits per heavy atom. The van der Waals surface area contributed by atoms with Gasteiger partial charge in [-0.05, 0) is 70.0 Å². The van der Waals surface area contributed by atoms with Crippen molar-refractivity contribution in [2.75, 3.05) is 13.1 Å². The number of likely N-dealkylation sites (tertiary alicyclic amines) is 1. The van der Waals surface area contributed by atoms with Crippen LogP contribution in [0.25, 0.3) is 0 Å². The molecule has 1 aliphatic heterocycles. The van der Waals surface area contributed by atoms with Crippen LogP contribution in [0.5, 0.6) is 0 Å². The number of rotatable bonds is 3. The van der Waals surface area contributed by atoms with Crippen LogP contribution in [0, 0.1) is 5.92 Å². The molecule has 1 atom stereocenters. The molecule has 1 aliphatic carbocycles. The van der Waals surface area contributed by atoms with Crippen molar-refractivity contribution in [3.63, 3.8) is 0 Å². The standard InChI is InChI=1S/C20H32N2.2ClH/c1-16-10-14-22(15-11-16)19-8-12-20(13-9-19,17(2)21)18-6-4-3-5-7-18;;/h3-7,16-17,19H,8-15,21H2,1-2H3;2*1H/t17?,19-,20-;;. The summed E-state index contributed by atoms with van der Waals surface area (Å²) in [6, 6.07) is 12.0. The Balaban J connectivity index is 0.00000144. The van der Waals surface area contributed by atoms with Gasteiger partial charge in [-0.15, -0.1) is 24.8 Å². The Morgan fingerprint density at radius 3 is 2.04 bits per heavy atom. The maximum Gasteiger partial charge on any atom is 0.0108 e. The highest BCUT2D eigenvalue weighted by atomic mass is 35.5. The number of nitrogens with zero attached hydrogens (tertiary/aromatic N) is 1. The molecular formula is C20H34Cl2N2. The Labute approximate surface area is 160 Å². The number of nitrogens with two attached hydrogens (primary N) is 1. The second-order valence-corrected chi connectivity index (χ2v) is 7.76. The van der Waals surface area contributed by atoms with E-state index in [-0.39, 0.29) is 36.3 Å². The van der Waals surface area contributed by atoms with E-state index in [1.54, 1.807) is 0 Å². The van der Waals surface area contributed by atoms with E-state index in [2.05, 4.69) is 49.1 Å². The number of halogens is 2. The minimum Gasteiger partial charge on any atom is -0.327 e. The minimum atomic E-state index is 0. The van der Waals surface area contributed by atoms with Crippen LogP contribution in [0.4, 0.5) is 0 Å². The van der Waals surface area contributed by atoms with Gasteiger partial charge in [0.2, 0.25) is 0 Å². The van der Waals surface area contributed by atoms with E-state index in [9.17, 15) is 0 Å². The predicted octanol–water partition coefficient (Wildman–Crippen LogP) is 4.79. The van der Waals surface area contributed by atoms with Gasteiger partial charge in [0.15, 0.2) is 0 Å². The number of hydrogen-bond acceptors (Lipinski definition) is 2. The fourth-order valence-electron chi connectivity index (χ4n) is 4.65. The maximum absolute atomic E-state index is 6.46. The molecule has 1 unspecified atom stereocenters. The van der Waals surface area contributed by atoms with Gasteiger partial charge in [0.25, 0.3) is 0 Å². The van der Waals surface area contributed by atoms with Crippen LogP contribution in [0.2, 0.25) is 0 Å². The van der Waals surface area contributed by atoms with E-state index in [4.69, 9.17) is 5.73 Å². The van der Waals surface area contributed by atoms with Crippen molar-refractivity contribution < 1.29 is 0 Å². The van der Waals surface area contributed by atoms with Gasteiger partial charge in [0, 0.05) is 17.5 Å². The second-order valence-electron chi connectivity index (χ2n) is 7.76. The third-order valence-electron chi connectivity index (χ3n) is 6.40. The molecule has 1 aromatic carbocycles. The summed E-state index contributed by atoms with van der Waals surface area (Å²) in [6.07, 6.45) is 7.87. The van der Waals surface area contributed by atoms with Gasteiger partial charge in [-0.3, -0.25) is 0 Å². The van der Waals surface area contributed by atoms with Gasteiger partial charge in [0.1, 0.15) is 0 Å². The van der Waals surface area contributed by atoms with Crippen LogP contribution in [0.3, 0.4) is 0 Å². The zero-order chi connectivity index (χ0) is 15.6. The third-order valence-corrected chi connectivity index (χ3v) is 6.40. The first-order chi connectivity index (χ1) is 10.6. The van der Waals surface area contributed by atoms with Crippen molar-refractivity contribution in [2.24, 2.45) is 11.7 Å². The average molecular weight is 373 g/mol. The van der Waals surface area contributed by atoms with E-state index in [0.29, 0.717) is 0 Å². The zero-order valence-corrected chi connectivity index (χ0v) is 16.7. The van der Waals surface area contributed by atoms with Gasteiger partial charge in [0.05, 0.1) is 0 Å². The molecule has 138 valence electrons. The minimum absolute atomic E-state index is 0. The van der Waals surface area contributed by atoms with Crippen LogP contribution >= 0.6 is 24.8 Å². The lowest BCUT2D eigenvalue weighted by molar-refractivity contribution is 0.0840. The molecule has 4 heteroatoms. The van der Waals surface area contributed by atoms with Crippen molar-refractivity contribution in [3.05, 3.63) is 35.9 Å². The highest BCUT2D eigenvalue weighted by Crippen LogP contribution is 2.43. The fourth-order valence-corrected chi connectivity index (χ4v) is 4.65. The van der Waals surface area contributed by atoms with E-state index < -0.39 is 0 Å². The summed E-state index contributed by atoms with van der Waals surface area (Å²) < 4.78 is 0. The van der Waals surface area contributed by atoms with Crippen molar-refractivity contribution in [2.45, 2.75) is 69.9 Å². The van der Waals surface area contributed by atoms with Gasteiger partial charge in [-0.1, -0.05) is 37.3 Å². The zero-order valence-electron chi connectivity index (χ0n) is 15.1. The molecule has 0 radical (unpaired) electrons. The van der Waals surface area contributed by atoms with Crippen LogP contribution < -0.4 is 5.73 Å². The van der Waals surface area contributed by atoms with Gasteiger partial charge in [-0.2, -0.15) is 0 Å². The van der Waals surface area contributed by atoms with Crippen LogP contribution in [-0.2, 0) is 5.41 Å². The molecule has 2 nitrogen and oxygen atoms in total. The van der Waals surface area contributed by atoms with Gasteiger partial charge >= 0.3 is 0 Å². The molecule has 1 heterocycles. The van der Waals surface area contributed by atoms with E-state index in [0.717, 1.165) is 12.0 Å². The Hall–Kier alpha value is -0.280. The first kappa shape index (κ1) is 21.8. The smallest absolute Gasteiger partial charge is 0.0108 e. The number of benzene rings is 1. The SMILES string of the molecule is CC1CCN([C@H]2CC[C@@](c3ccccc3)(C(C)N)CC2)CC1.Cl.Cl. The van der Waals surface area contributed by atoms with E-state index in [1.165, 1.54) is 57.2 Å². The maximum atomic E-state index is 6.46. The molecule has 0 bridgehead atoms. The summed E-state index contributed by atoms with van der Waals surface area (Å²) in [5, 5.41) is 0. The summed E-state index contributed by atoms with van der Waals surface area (Å²) in [5.41, 5.74) is 8.11. The van der Waals surface area contributed by atoms with Crippen molar-refractivity contribution in [1.29, 1.82) is 0 Å². The lowest BCUT2D eigenvalue weighted by Gasteiger charge is -2.47. The predicted molar refractivity (Wildman–Crippen MR) is 108 cm³/mol. The Bertz CT molecular complexity index is 462. The molecule has 1 aromatic rings. The topological polar surface area (TPSA) is 29.3 Å². The molecular weight excluding hydrogens is 339 g/mol. The average Bonchev–Trinajstić information content (AvgIpc) is 2.56. The number of hydrogen-bond donors (Lipinski definition) is 1. The van der Waals surface area contributed by atoms with E-state index >= 15 is 0 Å². The molecule has 3 rings (SSSR count). The summed E-state index contributed by atoms with van der Waals surface area (Å²) in [4.78, 5) is 2.76. The second kappa shape index (κ2) is 9.43. The fraction of sp³-hybridized carbons (Fsp3) is 0.700. The molecule has 0 amide bonds. The van der Waals surface area contributed by atoms with E-state index in [1.807, 2.05) is 0 Å². The molecule has 2 fully saturated rings. The van der Waals surface area contributed by atoms with Crippen LogP contribution in [0.1, 0.15) is 57.9 Å². The highest BCUT2D eigenvalue weighted by molar-refractivity contribution is 5.85. The Morgan fingerprint density at radius 2 is 1.54 bits per heavy atom. The molecule has 2 aliphatic rings. The van der Waals surface area contributed by atoms with Gasteiger partial charge in [-0.25, -0.2) is 0 Å².